The number of guanidine groups is 1. The summed E-state index contributed by atoms with van der Waals surface area (Å²) in [6, 6.07) is 11.2. The van der Waals surface area contributed by atoms with Crippen LogP contribution in [-0.2, 0) is 13.0 Å². The van der Waals surface area contributed by atoms with Gasteiger partial charge in [0, 0.05) is 56.8 Å². The number of fused-ring (bicyclic) bond motifs is 1. The molecular weight excluding hydrogens is 451 g/mol. The lowest BCUT2D eigenvalue weighted by Gasteiger charge is -2.25. The molecule has 1 unspecified atom stereocenters. The van der Waals surface area contributed by atoms with Gasteiger partial charge in [0.2, 0.25) is 0 Å². The molecule has 0 saturated carbocycles. The monoisotopic (exact) mass is 482 g/mol. The maximum absolute atomic E-state index is 4.68. The predicted octanol–water partition coefficient (Wildman–Crippen LogP) is 2.90. The third-order valence-electron chi connectivity index (χ3n) is 4.71. The molecule has 3 rings (SSSR count). The maximum atomic E-state index is 4.68. The van der Waals surface area contributed by atoms with Crippen LogP contribution in [0.25, 0.3) is 0 Å². The minimum absolute atomic E-state index is 0. The number of para-hydroxylation sites is 1. The summed E-state index contributed by atoms with van der Waals surface area (Å²) in [7, 11) is 0. The molecule has 1 aromatic heterocycles. The van der Waals surface area contributed by atoms with Gasteiger partial charge in [-0.1, -0.05) is 18.2 Å². The zero-order valence-corrected chi connectivity index (χ0v) is 18.6. The first-order valence-corrected chi connectivity index (χ1v) is 9.62. The Labute approximate surface area is 179 Å². The van der Waals surface area contributed by atoms with Crippen LogP contribution < -0.4 is 15.5 Å². The van der Waals surface area contributed by atoms with E-state index < -0.39 is 0 Å². The fourth-order valence-electron chi connectivity index (χ4n) is 3.46. The van der Waals surface area contributed by atoms with Crippen molar-refractivity contribution >= 4 is 35.6 Å². The Morgan fingerprint density at radius 3 is 2.85 bits per heavy atom. The first-order valence-electron chi connectivity index (χ1n) is 9.62. The lowest BCUT2D eigenvalue weighted by atomic mass is 10.1. The van der Waals surface area contributed by atoms with Crippen LogP contribution in [0.4, 0.5) is 5.69 Å². The minimum atomic E-state index is 0. The molecule has 148 valence electrons. The van der Waals surface area contributed by atoms with Gasteiger partial charge < -0.3 is 15.5 Å². The molecule has 0 saturated heterocycles. The maximum Gasteiger partial charge on any atom is 0.191 e. The van der Waals surface area contributed by atoms with Crippen molar-refractivity contribution in [2.24, 2.45) is 4.99 Å². The van der Waals surface area contributed by atoms with Crippen molar-refractivity contribution in [3.63, 3.8) is 0 Å². The van der Waals surface area contributed by atoms with Gasteiger partial charge in [-0.2, -0.15) is 5.10 Å². The van der Waals surface area contributed by atoms with E-state index in [1.807, 2.05) is 23.1 Å². The zero-order chi connectivity index (χ0) is 18.2. The second-order valence-electron chi connectivity index (χ2n) is 6.69. The molecule has 0 fully saturated rings. The van der Waals surface area contributed by atoms with E-state index in [4.69, 9.17) is 0 Å². The largest absolute Gasteiger partial charge is 0.367 e. The van der Waals surface area contributed by atoms with E-state index in [0.29, 0.717) is 6.04 Å². The van der Waals surface area contributed by atoms with Gasteiger partial charge in [0.15, 0.2) is 5.96 Å². The molecule has 1 aliphatic heterocycles. The molecule has 6 nitrogen and oxygen atoms in total. The van der Waals surface area contributed by atoms with Gasteiger partial charge in [0.25, 0.3) is 0 Å². The summed E-state index contributed by atoms with van der Waals surface area (Å²) >= 11 is 0. The fraction of sp³-hybridized carbons (Fsp3) is 0.500. The summed E-state index contributed by atoms with van der Waals surface area (Å²) in [6.45, 7) is 8.82. The zero-order valence-electron chi connectivity index (χ0n) is 16.3. The molecule has 27 heavy (non-hydrogen) atoms. The third kappa shape index (κ3) is 6.12. The Bertz CT molecular complexity index is 700. The molecule has 0 aliphatic carbocycles. The van der Waals surface area contributed by atoms with Gasteiger partial charge >= 0.3 is 0 Å². The van der Waals surface area contributed by atoms with E-state index in [9.17, 15) is 0 Å². The average Bonchev–Trinajstić information content (AvgIpc) is 3.26. The molecule has 2 heterocycles. The normalized spacial score (nSPS) is 16.0. The van der Waals surface area contributed by atoms with Crippen molar-refractivity contribution in [1.29, 1.82) is 0 Å². The number of rotatable bonds is 8. The molecule has 1 aromatic carbocycles. The summed E-state index contributed by atoms with van der Waals surface area (Å²) in [5.74, 6) is 0.896. The number of hydrogen-bond donors (Lipinski definition) is 2. The second-order valence-corrected chi connectivity index (χ2v) is 6.69. The molecular formula is C20H31IN6. The molecule has 1 atom stereocenters. The van der Waals surface area contributed by atoms with E-state index >= 15 is 0 Å². The van der Waals surface area contributed by atoms with Gasteiger partial charge in [0.1, 0.15) is 0 Å². The second kappa shape index (κ2) is 11.2. The van der Waals surface area contributed by atoms with Crippen LogP contribution in [0.1, 0.15) is 25.8 Å². The molecule has 7 heteroatoms. The lowest BCUT2D eigenvalue weighted by Crippen LogP contribution is -2.43. The summed E-state index contributed by atoms with van der Waals surface area (Å²) in [4.78, 5) is 7.16. The van der Waals surface area contributed by atoms with Crippen LogP contribution in [0.3, 0.4) is 0 Å². The smallest absolute Gasteiger partial charge is 0.191 e. The van der Waals surface area contributed by atoms with E-state index in [1.54, 1.807) is 0 Å². The minimum Gasteiger partial charge on any atom is -0.367 e. The standard InChI is InChI=1S/C20H30N6.HI/c1-3-21-20(22-10-6-13-25-14-7-11-24-25)23-12-15-26-17(2)16-18-8-4-5-9-19(18)26;/h4-5,7-9,11,14,17H,3,6,10,12-13,15-16H2,1-2H3,(H2,21,22,23);1H. The lowest BCUT2D eigenvalue weighted by molar-refractivity contribution is 0.583. The SMILES string of the molecule is CCNC(=NCCCn1cccn1)NCCN1c2ccccc2CC1C.I. The first kappa shape index (κ1) is 21.5. The molecule has 0 spiro atoms. The quantitative estimate of drug-likeness (QED) is 0.263. The highest BCUT2D eigenvalue weighted by atomic mass is 127. The highest BCUT2D eigenvalue weighted by Crippen LogP contribution is 2.31. The number of anilines is 1. The molecule has 0 radical (unpaired) electrons. The number of aromatic nitrogens is 2. The summed E-state index contributed by atoms with van der Waals surface area (Å²) in [5, 5.41) is 11.0. The highest BCUT2D eigenvalue weighted by molar-refractivity contribution is 14.0. The molecule has 1 aliphatic rings. The van der Waals surface area contributed by atoms with Crippen LogP contribution in [0.15, 0.2) is 47.7 Å². The molecule has 0 bridgehead atoms. The fourth-order valence-corrected chi connectivity index (χ4v) is 3.46. The first-order chi connectivity index (χ1) is 12.8. The van der Waals surface area contributed by atoms with Gasteiger partial charge in [0.05, 0.1) is 0 Å². The highest BCUT2D eigenvalue weighted by Gasteiger charge is 2.24. The van der Waals surface area contributed by atoms with Crippen molar-refractivity contribution < 1.29 is 0 Å². The summed E-state index contributed by atoms with van der Waals surface area (Å²) < 4.78 is 1.95. The number of aliphatic imine (C=N–C) groups is 1. The number of aryl methyl sites for hydroxylation is 1. The van der Waals surface area contributed by atoms with Crippen LogP contribution in [0, 0.1) is 0 Å². The van der Waals surface area contributed by atoms with Crippen LogP contribution >= 0.6 is 24.0 Å². The van der Waals surface area contributed by atoms with Crippen molar-refractivity contribution in [3.05, 3.63) is 48.3 Å². The van der Waals surface area contributed by atoms with Gasteiger partial charge in [-0.25, -0.2) is 0 Å². The Kier molecular flexibility index (Phi) is 8.90. The Balaban J connectivity index is 0.00000261. The van der Waals surface area contributed by atoms with Gasteiger partial charge in [-0.15, -0.1) is 24.0 Å². The van der Waals surface area contributed by atoms with Crippen molar-refractivity contribution in [2.45, 2.75) is 39.3 Å². The Morgan fingerprint density at radius 2 is 2.07 bits per heavy atom. The number of nitrogens with zero attached hydrogens (tertiary/aromatic N) is 4. The van der Waals surface area contributed by atoms with Crippen molar-refractivity contribution in [3.8, 4) is 0 Å². The van der Waals surface area contributed by atoms with Crippen LogP contribution in [-0.4, -0.2) is 48.0 Å². The molecule has 2 N–H and O–H groups in total. The Morgan fingerprint density at radius 1 is 1.22 bits per heavy atom. The van der Waals surface area contributed by atoms with E-state index in [1.165, 1.54) is 11.3 Å². The van der Waals surface area contributed by atoms with Gasteiger partial charge in [-0.05, 0) is 44.4 Å². The van der Waals surface area contributed by atoms with Crippen molar-refractivity contribution in [1.82, 2.24) is 20.4 Å². The number of benzene rings is 1. The summed E-state index contributed by atoms with van der Waals surface area (Å²) in [6.07, 6.45) is 5.92. The van der Waals surface area contributed by atoms with Gasteiger partial charge in [-0.3, -0.25) is 9.67 Å². The number of nitrogens with one attached hydrogen (secondary N) is 2. The summed E-state index contributed by atoms with van der Waals surface area (Å²) in [5.41, 5.74) is 2.84. The topological polar surface area (TPSA) is 57.5 Å². The molecule has 2 aromatic rings. The van der Waals surface area contributed by atoms with E-state index in [2.05, 4.69) is 63.7 Å². The third-order valence-corrected chi connectivity index (χ3v) is 4.71. The number of hydrogen-bond acceptors (Lipinski definition) is 3. The van der Waals surface area contributed by atoms with Crippen LogP contribution in [0.5, 0.6) is 0 Å². The Hall–Kier alpha value is -1.77. The van der Waals surface area contributed by atoms with E-state index in [-0.39, 0.29) is 24.0 Å². The predicted molar refractivity (Wildman–Crippen MR) is 123 cm³/mol. The number of halogens is 1. The van der Waals surface area contributed by atoms with E-state index in [0.717, 1.165) is 51.5 Å². The van der Waals surface area contributed by atoms with Crippen LogP contribution in [0.2, 0.25) is 0 Å². The van der Waals surface area contributed by atoms with Crippen molar-refractivity contribution in [2.75, 3.05) is 31.1 Å². The average molecular weight is 482 g/mol. The molecule has 0 amide bonds.